The third kappa shape index (κ3) is 3.56. The summed E-state index contributed by atoms with van der Waals surface area (Å²) in [6.07, 6.45) is 0.150. The van der Waals surface area contributed by atoms with Crippen molar-refractivity contribution < 1.29 is 28.7 Å². The van der Waals surface area contributed by atoms with Gasteiger partial charge >= 0.3 is 5.97 Å². The summed E-state index contributed by atoms with van der Waals surface area (Å²) < 4.78 is 10.7. The second-order valence-corrected chi connectivity index (χ2v) is 6.57. The van der Waals surface area contributed by atoms with E-state index in [0.717, 1.165) is 4.90 Å². The summed E-state index contributed by atoms with van der Waals surface area (Å²) >= 11 is 0. The summed E-state index contributed by atoms with van der Waals surface area (Å²) in [4.78, 5) is 51.6. The minimum atomic E-state index is -0.633. The van der Waals surface area contributed by atoms with Crippen LogP contribution in [0.2, 0.25) is 0 Å². The molecule has 4 rings (SSSR count). The molecule has 0 aromatic heterocycles. The number of hydrogen-bond acceptors (Lipinski definition) is 6. The number of esters is 1. The zero-order chi connectivity index (χ0) is 20.4. The van der Waals surface area contributed by atoms with Crippen LogP contribution in [-0.4, -0.2) is 54.9 Å². The van der Waals surface area contributed by atoms with Crippen molar-refractivity contribution in [1.29, 1.82) is 0 Å². The number of nitrogens with zero attached hydrogens (tertiary/aromatic N) is 2. The number of fused-ring (bicyclic) bond motifs is 2. The number of anilines is 1. The Morgan fingerprint density at radius 3 is 2.31 bits per heavy atom. The molecule has 0 aliphatic carbocycles. The van der Waals surface area contributed by atoms with Crippen LogP contribution in [0.5, 0.6) is 5.75 Å². The molecule has 0 bridgehead atoms. The molecule has 8 nitrogen and oxygen atoms in total. The minimum absolute atomic E-state index is 0.0499. The fourth-order valence-corrected chi connectivity index (χ4v) is 3.36. The topological polar surface area (TPSA) is 93.2 Å². The van der Waals surface area contributed by atoms with Crippen LogP contribution in [0.25, 0.3) is 0 Å². The van der Waals surface area contributed by atoms with Crippen molar-refractivity contribution in [1.82, 2.24) is 4.90 Å². The molecule has 0 radical (unpaired) electrons. The maximum Gasteiger partial charge on any atom is 0.326 e. The van der Waals surface area contributed by atoms with Crippen molar-refractivity contribution in [2.45, 2.75) is 6.42 Å². The number of carbonyl (C=O) groups excluding carboxylic acids is 4. The maximum atomic E-state index is 12.3. The van der Waals surface area contributed by atoms with Crippen molar-refractivity contribution in [3.63, 3.8) is 0 Å². The van der Waals surface area contributed by atoms with Gasteiger partial charge in [-0.15, -0.1) is 0 Å². The molecule has 148 valence electrons. The lowest BCUT2D eigenvalue weighted by atomic mass is 10.1. The van der Waals surface area contributed by atoms with E-state index < -0.39 is 17.8 Å². The van der Waals surface area contributed by atoms with Gasteiger partial charge < -0.3 is 9.47 Å². The highest BCUT2D eigenvalue weighted by Crippen LogP contribution is 2.30. The second-order valence-electron chi connectivity index (χ2n) is 6.57. The van der Waals surface area contributed by atoms with Crippen LogP contribution in [0, 0.1) is 0 Å². The Kier molecular flexibility index (Phi) is 4.99. The summed E-state index contributed by atoms with van der Waals surface area (Å²) in [6, 6.07) is 13.5. The molecule has 2 aromatic rings. The molecule has 8 heteroatoms. The van der Waals surface area contributed by atoms with Gasteiger partial charge in [0.25, 0.3) is 11.8 Å². The summed E-state index contributed by atoms with van der Waals surface area (Å²) in [6.45, 7) is -0.237. The van der Waals surface area contributed by atoms with Gasteiger partial charge in [0.2, 0.25) is 5.91 Å². The third-order valence-electron chi connectivity index (χ3n) is 4.77. The predicted octanol–water partition coefficient (Wildman–Crippen LogP) is 1.64. The van der Waals surface area contributed by atoms with Gasteiger partial charge in [-0.25, -0.2) is 0 Å². The Hall–Kier alpha value is -3.68. The van der Waals surface area contributed by atoms with Crippen LogP contribution in [0.3, 0.4) is 0 Å². The van der Waals surface area contributed by atoms with Crippen LogP contribution in [-0.2, 0) is 14.3 Å². The molecule has 0 unspecified atom stereocenters. The molecule has 0 atom stereocenters. The molecule has 2 aliphatic heterocycles. The van der Waals surface area contributed by atoms with Crippen LogP contribution in [0.15, 0.2) is 48.5 Å². The number of para-hydroxylation sites is 2. The van der Waals surface area contributed by atoms with Gasteiger partial charge in [0.05, 0.1) is 36.4 Å². The smallest absolute Gasteiger partial charge is 0.326 e. The molecule has 0 saturated carbocycles. The highest BCUT2D eigenvalue weighted by Gasteiger charge is 2.35. The SMILES string of the molecule is O=C(CN1C(=O)CCOc2ccccc21)OCCN1C(=O)c2ccccc2C1=O. The Morgan fingerprint density at radius 2 is 1.59 bits per heavy atom. The van der Waals surface area contributed by atoms with Gasteiger partial charge in [-0.05, 0) is 24.3 Å². The van der Waals surface area contributed by atoms with E-state index in [1.165, 1.54) is 4.90 Å². The number of benzene rings is 2. The average Bonchev–Trinajstić information content (AvgIpc) is 2.87. The minimum Gasteiger partial charge on any atom is -0.491 e. The second kappa shape index (κ2) is 7.75. The van der Waals surface area contributed by atoms with E-state index in [4.69, 9.17) is 9.47 Å². The first-order valence-corrected chi connectivity index (χ1v) is 9.19. The molecule has 2 aromatic carbocycles. The molecule has 0 spiro atoms. The zero-order valence-electron chi connectivity index (χ0n) is 15.5. The molecule has 0 fully saturated rings. The summed E-state index contributed by atoms with van der Waals surface area (Å²) in [5.41, 5.74) is 1.19. The summed E-state index contributed by atoms with van der Waals surface area (Å²) in [7, 11) is 0. The molecule has 3 amide bonds. The van der Waals surface area contributed by atoms with Gasteiger partial charge in [0, 0.05) is 0 Å². The average molecular weight is 394 g/mol. The zero-order valence-corrected chi connectivity index (χ0v) is 15.5. The predicted molar refractivity (Wildman–Crippen MR) is 102 cm³/mol. The lowest BCUT2D eigenvalue weighted by Crippen LogP contribution is -2.38. The summed E-state index contributed by atoms with van der Waals surface area (Å²) in [5, 5.41) is 0. The third-order valence-corrected chi connectivity index (χ3v) is 4.77. The maximum absolute atomic E-state index is 12.3. The van der Waals surface area contributed by atoms with E-state index in [9.17, 15) is 19.2 Å². The number of ether oxygens (including phenoxy) is 2. The number of rotatable bonds is 5. The van der Waals surface area contributed by atoms with E-state index in [1.54, 1.807) is 48.5 Å². The lowest BCUT2D eigenvalue weighted by Gasteiger charge is -2.21. The molecule has 2 heterocycles. The Bertz CT molecular complexity index is 967. The fraction of sp³-hybridized carbons (Fsp3) is 0.238. The first-order valence-electron chi connectivity index (χ1n) is 9.19. The van der Waals surface area contributed by atoms with Crippen LogP contribution < -0.4 is 9.64 Å². The Balaban J connectivity index is 1.36. The highest BCUT2D eigenvalue weighted by atomic mass is 16.5. The van der Waals surface area contributed by atoms with Crippen molar-refractivity contribution in [2.24, 2.45) is 0 Å². The monoisotopic (exact) mass is 394 g/mol. The van der Waals surface area contributed by atoms with Crippen molar-refractivity contribution in [3.8, 4) is 5.75 Å². The fourth-order valence-electron chi connectivity index (χ4n) is 3.36. The van der Waals surface area contributed by atoms with Gasteiger partial charge in [0.1, 0.15) is 18.9 Å². The highest BCUT2D eigenvalue weighted by molar-refractivity contribution is 6.21. The summed E-state index contributed by atoms with van der Waals surface area (Å²) in [5.74, 6) is -1.16. The number of amides is 3. The number of hydrogen-bond donors (Lipinski definition) is 0. The van der Waals surface area contributed by atoms with Crippen LogP contribution in [0.1, 0.15) is 27.1 Å². The molecular weight excluding hydrogens is 376 g/mol. The van der Waals surface area contributed by atoms with Crippen LogP contribution >= 0.6 is 0 Å². The largest absolute Gasteiger partial charge is 0.491 e. The molecule has 0 N–H and O–H groups in total. The van der Waals surface area contributed by atoms with Crippen molar-refractivity contribution in [3.05, 3.63) is 59.7 Å². The van der Waals surface area contributed by atoms with Gasteiger partial charge in [-0.3, -0.25) is 29.0 Å². The van der Waals surface area contributed by atoms with E-state index in [-0.39, 0.29) is 38.6 Å². The normalized spacial score (nSPS) is 15.5. The van der Waals surface area contributed by atoms with Gasteiger partial charge in [-0.2, -0.15) is 0 Å². The van der Waals surface area contributed by atoms with Crippen LogP contribution in [0.4, 0.5) is 5.69 Å². The molecule has 0 saturated heterocycles. The first kappa shape index (κ1) is 18.7. The van der Waals surface area contributed by atoms with E-state index in [1.807, 2.05) is 0 Å². The Morgan fingerprint density at radius 1 is 0.931 bits per heavy atom. The number of carbonyl (C=O) groups is 4. The Labute approximate surface area is 166 Å². The molecule has 2 aliphatic rings. The van der Waals surface area contributed by atoms with E-state index >= 15 is 0 Å². The lowest BCUT2D eigenvalue weighted by molar-refractivity contribution is -0.143. The van der Waals surface area contributed by atoms with Crippen molar-refractivity contribution >= 4 is 29.4 Å². The first-order chi connectivity index (χ1) is 14.1. The quantitative estimate of drug-likeness (QED) is 0.565. The standard InChI is InChI=1S/C21H18N2O6/c24-18-9-11-28-17-8-4-3-7-16(17)23(18)13-19(25)29-12-10-22-20(26)14-5-1-2-6-15(14)21(22)27/h1-8H,9-13H2. The van der Waals surface area contributed by atoms with Gasteiger partial charge in [0.15, 0.2) is 0 Å². The van der Waals surface area contributed by atoms with E-state index in [2.05, 4.69) is 0 Å². The van der Waals surface area contributed by atoms with E-state index in [0.29, 0.717) is 22.6 Å². The molecular formula is C21H18N2O6. The molecule has 29 heavy (non-hydrogen) atoms. The number of imide groups is 1. The van der Waals surface area contributed by atoms with Gasteiger partial charge in [-0.1, -0.05) is 24.3 Å². The van der Waals surface area contributed by atoms with Crippen molar-refractivity contribution in [2.75, 3.05) is 31.2 Å².